The standard InChI is InChI=1S/C13H23NO3/c1-14-8-4-5-10(14)9-17-12-7-3-2-6-11(12)13(15)16/h10-12H,2-9H2,1H3,(H,15,16)/t10-,11?,12?/m0/s1. The summed E-state index contributed by atoms with van der Waals surface area (Å²) in [6, 6.07) is 0.492. The first kappa shape index (κ1) is 12.8. The number of likely N-dealkylation sites (N-methyl/N-ethyl adjacent to an activating group) is 1. The molecule has 1 saturated carbocycles. The van der Waals surface area contributed by atoms with Crippen LogP contribution in [0.3, 0.4) is 0 Å². The molecule has 17 heavy (non-hydrogen) atoms. The van der Waals surface area contributed by atoms with Gasteiger partial charge in [0.05, 0.1) is 18.6 Å². The van der Waals surface area contributed by atoms with Gasteiger partial charge in [-0.2, -0.15) is 0 Å². The van der Waals surface area contributed by atoms with Crippen LogP contribution in [-0.2, 0) is 9.53 Å². The van der Waals surface area contributed by atoms with Crippen molar-refractivity contribution in [3.8, 4) is 0 Å². The maximum Gasteiger partial charge on any atom is 0.309 e. The summed E-state index contributed by atoms with van der Waals surface area (Å²) in [4.78, 5) is 13.5. The molecule has 1 aliphatic carbocycles. The smallest absolute Gasteiger partial charge is 0.309 e. The highest BCUT2D eigenvalue weighted by Gasteiger charge is 2.32. The maximum absolute atomic E-state index is 11.1. The summed E-state index contributed by atoms with van der Waals surface area (Å²) in [5.41, 5.74) is 0. The molecule has 1 N–H and O–H groups in total. The van der Waals surface area contributed by atoms with Crippen molar-refractivity contribution >= 4 is 5.97 Å². The zero-order chi connectivity index (χ0) is 12.3. The molecule has 1 saturated heterocycles. The fourth-order valence-corrected chi connectivity index (χ4v) is 3.00. The molecule has 0 aromatic heterocycles. The third-order valence-corrected chi connectivity index (χ3v) is 4.19. The molecule has 98 valence electrons. The van der Waals surface area contributed by atoms with Crippen molar-refractivity contribution in [1.29, 1.82) is 0 Å². The summed E-state index contributed by atoms with van der Waals surface area (Å²) >= 11 is 0. The van der Waals surface area contributed by atoms with Gasteiger partial charge in [0, 0.05) is 6.04 Å². The second-order valence-corrected chi connectivity index (χ2v) is 5.38. The lowest BCUT2D eigenvalue weighted by molar-refractivity contribution is -0.150. The van der Waals surface area contributed by atoms with Crippen LogP contribution in [0, 0.1) is 5.92 Å². The Morgan fingerprint density at radius 3 is 2.71 bits per heavy atom. The van der Waals surface area contributed by atoms with E-state index in [1.807, 2.05) is 0 Å². The van der Waals surface area contributed by atoms with Crippen molar-refractivity contribution in [2.45, 2.75) is 50.7 Å². The minimum Gasteiger partial charge on any atom is -0.481 e. The van der Waals surface area contributed by atoms with Gasteiger partial charge in [-0.25, -0.2) is 0 Å². The van der Waals surface area contributed by atoms with Gasteiger partial charge < -0.3 is 14.7 Å². The van der Waals surface area contributed by atoms with Gasteiger partial charge >= 0.3 is 5.97 Å². The molecule has 0 amide bonds. The first-order valence-electron chi connectivity index (χ1n) is 6.73. The van der Waals surface area contributed by atoms with Gasteiger partial charge in [0.2, 0.25) is 0 Å². The van der Waals surface area contributed by atoms with Crippen LogP contribution in [-0.4, -0.2) is 48.3 Å². The van der Waals surface area contributed by atoms with Gasteiger partial charge in [-0.15, -0.1) is 0 Å². The van der Waals surface area contributed by atoms with E-state index in [1.165, 1.54) is 12.8 Å². The number of carboxylic acids is 1. The van der Waals surface area contributed by atoms with E-state index in [-0.39, 0.29) is 12.0 Å². The summed E-state index contributed by atoms with van der Waals surface area (Å²) in [6.07, 6.45) is 6.18. The van der Waals surface area contributed by atoms with Crippen molar-refractivity contribution in [2.75, 3.05) is 20.2 Å². The second-order valence-electron chi connectivity index (χ2n) is 5.38. The minimum atomic E-state index is -0.686. The molecular formula is C13H23NO3. The van der Waals surface area contributed by atoms with Crippen LogP contribution in [0.25, 0.3) is 0 Å². The maximum atomic E-state index is 11.1. The lowest BCUT2D eigenvalue weighted by Gasteiger charge is -2.30. The molecule has 1 aliphatic heterocycles. The van der Waals surface area contributed by atoms with Crippen molar-refractivity contribution in [3.63, 3.8) is 0 Å². The number of hydrogen-bond acceptors (Lipinski definition) is 3. The Hall–Kier alpha value is -0.610. The van der Waals surface area contributed by atoms with Gasteiger partial charge in [0.25, 0.3) is 0 Å². The average molecular weight is 241 g/mol. The largest absolute Gasteiger partial charge is 0.481 e. The van der Waals surface area contributed by atoms with Crippen molar-refractivity contribution < 1.29 is 14.6 Å². The van der Waals surface area contributed by atoms with E-state index in [2.05, 4.69) is 11.9 Å². The zero-order valence-electron chi connectivity index (χ0n) is 10.6. The van der Waals surface area contributed by atoms with Crippen LogP contribution in [0.1, 0.15) is 38.5 Å². The lowest BCUT2D eigenvalue weighted by atomic mass is 9.86. The van der Waals surface area contributed by atoms with Gasteiger partial charge in [-0.3, -0.25) is 4.79 Å². The number of carboxylic acid groups (broad SMARTS) is 1. The molecule has 2 rings (SSSR count). The van der Waals surface area contributed by atoms with E-state index in [0.717, 1.165) is 32.2 Å². The molecule has 1 heterocycles. The Bertz CT molecular complexity index is 269. The predicted octanol–water partition coefficient (Wildman–Crippen LogP) is 1.74. The zero-order valence-corrected chi connectivity index (χ0v) is 10.6. The van der Waals surface area contributed by atoms with Gasteiger partial charge in [0.15, 0.2) is 0 Å². The van der Waals surface area contributed by atoms with Crippen LogP contribution in [0.2, 0.25) is 0 Å². The van der Waals surface area contributed by atoms with Crippen molar-refractivity contribution in [1.82, 2.24) is 4.90 Å². The van der Waals surface area contributed by atoms with Crippen LogP contribution in [0.5, 0.6) is 0 Å². The van der Waals surface area contributed by atoms with E-state index in [4.69, 9.17) is 9.84 Å². The number of likely N-dealkylation sites (tertiary alicyclic amines) is 1. The molecule has 2 aliphatic rings. The summed E-state index contributed by atoms with van der Waals surface area (Å²) < 4.78 is 5.89. The molecule has 2 unspecified atom stereocenters. The number of aliphatic carboxylic acids is 1. The van der Waals surface area contributed by atoms with Crippen molar-refractivity contribution in [3.05, 3.63) is 0 Å². The van der Waals surface area contributed by atoms with E-state index >= 15 is 0 Å². The summed E-state index contributed by atoms with van der Waals surface area (Å²) in [5.74, 6) is -0.968. The average Bonchev–Trinajstić information content (AvgIpc) is 2.72. The quantitative estimate of drug-likeness (QED) is 0.814. The Labute approximate surface area is 103 Å². The second kappa shape index (κ2) is 5.83. The summed E-state index contributed by atoms with van der Waals surface area (Å²) in [7, 11) is 2.12. The summed E-state index contributed by atoms with van der Waals surface area (Å²) in [5, 5.41) is 9.16. The summed E-state index contributed by atoms with van der Waals surface area (Å²) in [6.45, 7) is 1.84. The Morgan fingerprint density at radius 1 is 1.29 bits per heavy atom. The highest BCUT2D eigenvalue weighted by Crippen LogP contribution is 2.28. The van der Waals surface area contributed by atoms with Crippen LogP contribution >= 0.6 is 0 Å². The molecule has 3 atom stereocenters. The normalized spacial score (nSPS) is 35.0. The van der Waals surface area contributed by atoms with E-state index in [9.17, 15) is 4.79 Å². The Morgan fingerprint density at radius 2 is 2.06 bits per heavy atom. The first-order chi connectivity index (χ1) is 8.18. The molecule has 0 aromatic carbocycles. The SMILES string of the molecule is CN1CCC[C@H]1COC1CCCCC1C(=O)O. The van der Waals surface area contributed by atoms with E-state index in [0.29, 0.717) is 12.6 Å². The third-order valence-electron chi connectivity index (χ3n) is 4.19. The van der Waals surface area contributed by atoms with Crippen LogP contribution in [0.4, 0.5) is 0 Å². The van der Waals surface area contributed by atoms with E-state index < -0.39 is 5.97 Å². The number of ether oxygens (including phenoxy) is 1. The van der Waals surface area contributed by atoms with Gasteiger partial charge in [-0.1, -0.05) is 12.8 Å². The Kier molecular flexibility index (Phi) is 4.40. The predicted molar refractivity (Wildman–Crippen MR) is 65.0 cm³/mol. The number of carbonyl (C=O) groups is 1. The van der Waals surface area contributed by atoms with Gasteiger partial charge in [-0.05, 0) is 39.3 Å². The number of hydrogen-bond donors (Lipinski definition) is 1. The molecule has 4 nitrogen and oxygen atoms in total. The molecule has 2 fully saturated rings. The monoisotopic (exact) mass is 241 g/mol. The molecular weight excluding hydrogens is 218 g/mol. The highest BCUT2D eigenvalue weighted by molar-refractivity contribution is 5.70. The molecule has 0 spiro atoms. The number of rotatable bonds is 4. The highest BCUT2D eigenvalue weighted by atomic mass is 16.5. The lowest BCUT2D eigenvalue weighted by Crippen LogP contribution is -2.37. The molecule has 0 bridgehead atoms. The van der Waals surface area contributed by atoms with Crippen LogP contribution < -0.4 is 0 Å². The van der Waals surface area contributed by atoms with Crippen LogP contribution in [0.15, 0.2) is 0 Å². The van der Waals surface area contributed by atoms with Gasteiger partial charge in [0.1, 0.15) is 0 Å². The Balaban J connectivity index is 1.81. The van der Waals surface area contributed by atoms with Crippen molar-refractivity contribution in [2.24, 2.45) is 5.92 Å². The first-order valence-corrected chi connectivity index (χ1v) is 6.73. The molecule has 4 heteroatoms. The minimum absolute atomic E-state index is 0.0600. The van der Waals surface area contributed by atoms with E-state index in [1.54, 1.807) is 0 Å². The fourth-order valence-electron chi connectivity index (χ4n) is 3.00. The molecule has 0 radical (unpaired) electrons. The fraction of sp³-hybridized carbons (Fsp3) is 0.923. The number of nitrogens with zero attached hydrogens (tertiary/aromatic N) is 1. The molecule has 0 aromatic rings. The topological polar surface area (TPSA) is 49.8 Å². The third kappa shape index (κ3) is 3.19.